The maximum atomic E-state index is 12.9. The van der Waals surface area contributed by atoms with Crippen LogP contribution >= 0.6 is 0 Å². The van der Waals surface area contributed by atoms with Crippen molar-refractivity contribution in [3.05, 3.63) is 35.6 Å². The smallest absolute Gasteiger partial charge is 0.123 e. The summed E-state index contributed by atoms with van der Waals surface area (Å²) in [7, 11) is 0. The number of benzene rings is 1. The third kappa shape index (κ3) is 2.79. The molecule has 0 heterocycles. The standard InChI is InChI=1S/C16H20FNO/c1-2-12-7-9-16(11-18,10-8-12)15(19)13-3-5-14(17)6-4-13/h3-6,12,15,19H,2,7-10H2,1H3. The lowest BCUT2D eigenvalue weighted by Crippen LogP contribution is -2.32. The summed E-state index contributed by atoms with van der Waals surface area (Å²) in [6.07, 6.45) is 3.73. The summed E-state index contributed by atoms with van der Waals surface area (Å²) in [5, 5.41) is 20.0. The molecule has 1 atom stereocenters. The van der Waals surface area contributed by atoms with Gasteiger partial charge in [-0.05, 0) is 49.3 Å². The Kier molecular flexibility index (Phi) is 4.21. The first-order chi connectivity index (χ1) is 9.11. The lowest BCUT2D eigenvalue weighted by Gasteiger charge is -2.38. The summed E-state index contributed by atoms with van der Waals surface area (Å²) < 4.78 is 12.9. The molecule has 2 nitrogen and oxygen atoms in total. The second kappa shape index (κ2) is 5.71. The molecule has 1 fully saturated rings. The molecule has 0 amide bonds. The van der Waals surface area contributed by atoms with Crippen LogP contribution < -0.4 is 0 Å². The van der Waals surface area contributed by atoms with Crippen molar-refractivity contribution < 1.29 is 9.50 Å². The fourth-order valence-corrected chi connectivity index (χ4v) is 3.01. The topological polar surface area (TPSA) is 44.0 Å². The predicted octanol–water partition coefficient (Wildman–Crippen LogP) is 3.97. The summed E-state index contributed by atoms with van der Waals surface area (Å²) in [6.45, 7) is 2.17. The lowest BCUT2D eigenvalue weighted by atomic mass is 9.66. The quantitative estimate of drug-likeness (QED) is 0.894. The van der Waals surface area contributed by atoms with Crippen LogP contribution in [0.4, 0.5) is 4.39 Å². The van der Waals surface area contributed by atoms with E-state index in [2.05, 4.69) is 13.0 Å². The van der Waals surface area contributed by atoms with Gasteiger partial charge in [0.15, 0.2) is 0 Å². The van der Waals surface area contributed by atoms with Gasteiger partial charge in [0.2, 0.25) is 0 Å². The monoisotopic (exact) mass is 261 g/mol. The van der Waals surface area contributed by atoms with Gasteiger partial charge >= 0.3 is 0 Å². The second-order valence-electron chi connectivity index (χ2n) is 5.57. The Morgan fingerprint density at radius 1 is 1.37 bits per heavy atom. The van der Waals surface area contributed by atoms with Gasteiger partial charge in [0, 0.05) is 0 Å². The molecule has 1 unspecified atom stereocenters. The third-order valence-electron chi connectivity index (χ3n) is 4.51. The van der Waals surface area contributed by atoms with Gasteiger partial charge in [-0.1, -0.05) is 25.5 Å². The van der Waals surface area contributed by atoms with E-state index in [9.17, 15) is 14.8 Å². The number of hydrogen-bond donors (Lipinski definition) is 1. The van der Waals surface area contributed by atoms with Crippen molar-refractivity contribution >= 4 is 0 Å². The van der Waals surface area contributed by atoms with Crippen LogP contribution in [-0.4, -0.2) is 5.11 Å². The molecule has 1 N–H and O–H groups in total. The van der Waals surface area contributed by atoms with Crippen LogP contribution in [0.2, 0.25) is 0 Å². The molecular formula is C16H20FNO. The number of aliphatic hydroxyl groups excluding tert-OH is 1. The average Bonchev–Trinajstić information content (AvgIpc) is 2.47. The van der Waals surface area contributed by atoms with Crippen LogP contribution in [0.1, 0.15) is 50.7 Å². The van der Waals surface area contributed by atoms with Crippen molar-refractivity contribution in [3.8, 4) is 6.07 Å². The molecule has 19 heavy (non-hydrogen) atoms. The molecule has 1 saturated carbocycles. The Balaban J connectivity index is 2.18. The van der Waals surface area contributed by atoms with E-state index in [0.29, 0.717) is 11.5 Å². The minimum absolute atomic E-state index is 0.323. The maximum Gasteiger partial charge on any atom is 0.123 e. The van der Waals surface area contributed by atoms with Crippen LogP contribution in [0.25, 0.3) is 0 Å². The van der Waals surface area contributed by atoms with E-state index in [0.717, 1.165) is 32.1 Å². The van der Waals surface area contributed by atoms with Gasteiger partial charge in [0.25, 0.3) is 0 Å². The minimum atomic E-state index is -0.823. The van der Waals surface area contributed by atoms with Gasteiger partial charge in [-0.2, -0.15) is 5.26 Å². The molecule has 0 radical (unpaired) electrons. The molecule has 3 heteroatoms. The zero-order valence-corrected chi connectivity index (χ0v) is 11.3. The van der Waals surface area contributed by atoms with Crippen LogP contribution in [0, 0.1) is 28.5 Å². The van der Waals surface area contributed by atoms with Gasteiger partial charge in [-0.25, -0.2) is 4.39 Å². The van der Waals surface area contributed by atoms with E-state index >= 15 is 0 Å². The summed E-state index contributed by atoms with van der Waals surface area (Å²) in [6, 6.07) is 8.15. The molecule has 1 aliphatic carbocycles. The fraction of sp³-hybridized carbons (Fsp3) is 0.562. The fourth-order valence-electron chi connectivity index (χ4n) is 3.01. The highest BCUT2D eigenvalue weighted by molar-refractivity contribution is 5.24. The van der Waals surface area contributed by atoms with Gasteiger partial charge in [0.1, 0.15) is 5.82 Å². The average molecular weight is 261 g/mol. The van der Waals surface area contributed by atoms with Crippen molar-refractivity contribution in [1.82, 2.24) is 0 Å². The number of nitriles is 1. The number of nitrogens with zero attached hydrogens (tertiary/aromatic N) is 1. The summed E-state index contributed by atoms with van der Waals surface area (Å²) in [5.74, 6) is 0.346. The first-order valence-electron chi connectivity index (χ1n) is 6.96. The summed E-state index contributed by atoms with van der Waals surface area (Å²) in [4.78, 5) is 0. The Hall–Kier alpha value is -1.40. The van der Waals surface area contributed by atoms with Crippen molar-refractivity contribution in [2.24, 2.45) is 11.3 Å². The molecule has 1 aromatic rings. The van der Waals surface area contributed by atoms with Gasteiger partial charge in [0.05, 0.1) is 17.6 Å². The molecule has 0 aliphatic heterocycles. The summed E-state index contributed by atoms with van der Waals surface area (Å²) in [5.41, 5.74) is -0.0679. The number of rotatable bonds is 3. The van der Waals surface area contributed by atoms with Crippen molar-refractivity contribution in [1.29, 1.82) is 5.26 Å². The first kappa shape index (κ1) is 14.0. The zero-order chi connectivity index (χ0) is 13.9. The van der Waals surface area contributed by atoms with E-state index in [-0.39, 0.29) is 5.82 Å². The summed E-state index contributed by atoms with van der Waals surface area (Å²) >= 11 is 0. The van der Waals surface area contributed by atoms with E-state index in [1.165, 1.54) is 12.1 Å². The van der Waals surface area contributed by atoms with Crippen molar-refractivity contribution in [2.75, 3.05) is 0 Å². The Labute approximate surface area is 113 Å². The van der Waals surface area contributed by atoms with Crippen LogP contribution in [-0.2, 0) is 0 Å². The first-order valence-corrected chi connectivity index (χ1v) is 6.96. The number of hydrogen-bond acceptors (Lipinski definition) is 2. The highest BCUT2D eigenvalue weighted by Crippen LogP contribution is 2.47. The zero-order valence-electron chi connectivity index (χ0n) is 11.3. The maximum absolute atomic E-state index is 12.9. The molecule has 0 bridgehead atoms. The molecular weight excluding hydrogens is 241 g/mol. The van der Waals surface area contributed by atoms with Gasteiger partial charge in [-0.3, -0.25) is 0 Å². The minimum Gasteiger partial charge on any atom is -0.387 e. The predicted molar refractivity (Wildman–Crippen MR) is 71.7 cm³/mol. The van der Waals surface area contributed by atoms with Crippen molar-refractivity contribution in [2.45, 2.75) is 45.1 Å². The Morgan fingerprint density at radius 2 is 1.95 bits per heavy atom. The SMILES string of the molecule is CCC1CCC(C#N)(C(O)c2ccc(F)cc2)CC1. The normalized spacial score (nSPS) is 28.6. The molecule has 1 aliphatic rings. The highest BCUT2D eigenvalue weighted by Gasteiger charge is 2.42. The van der Waals surface area contributed by atoms with E-state index in [1.54, 1.807) is 12.1 Å². The van der Waals surface area contributed by atoms with Gasteiger partial charge < -0.3 is 5.11 Å². The molecule has 102 valence electrons. The third-order valence-corrected chi connectivity index (χ3v) is 4.51. The van der Waals surface area contributed by atoms with Crippen molar-refractivity contribution in [3.63, 3.8) is 0 Å². The molecule has 0 saturated heterocycles. The number of halogens is 1. The van der Waals surface area contributed by atoms with E-state index in [1.807, 2.05) is 0 Å². The van der Waals surface area contributed by atoms with E-state index < -0.39 is 11.5 Å². The van der Waals surface area contributed by atoms with Crippen LogP contribution in [0.15, 0.2) is 24.3 Å². The van der Waals surface area contributed by atoms with Gasteiger partial charge in [-0.15, -0.1) is 0 Å². The Morgan fingerprint density at radius 3 is 2.42 bits per heavy atom. The van der Waals surface area contributed by atoms with E-state index in [4.69, 9.17) is 0 Å². The lowest BCUT2D eigenvalue weighted by molar-refractivity contribution is 0.0242. The largest absolute Gasteiger partial charge is 0.387 e. The second-order valence-corrected chi connectivity index (χ2v) is 5.57. The Bertz CT molecular complexity index is 455. The highest BCUT2D eigenvalue weighted by atomic mass is 19.1. The molecule has 0 spiro atoms. The van der Waals surface area contributed by atoms with Crippen LogP contribution in [0.5, 0.6) is 0 Å². The molecule has 1 aromatic carbocycles. The molecule has 0 aromatic heterocycles. The number of aliphatic hydroxyl groups is 1. The molecule has 2 rings (SSSR count). The van der Waals surface area contributed by atoms with Crippen LogP contribution in [0.3, 0.4) is 0 Å².